The number of ether oxygens (including phenoxy) is 4. The topological polar surface area (TPSA) is 115 Å². The van der Waals surface area contributed by atoms with Gasteiger partial charge in [-0.1, -0.05) is 41.5 Å². The summed E-state index contributed by atoms with van der Waals surface area (Å²) in [5.74, 6) is 0.0941. The molecule has 1 aliphatic heterocycles. The summed E-state index contributed by atoms with van der Waals surface area (Å²) in [7, 11) is 3.48. The van der Waals surface area contributed by atoms with E-state index in [0.29, 0.717) is 5.92 Å². The van der Waals surface area contributed by atoms with Crippen LogP contribution in [0.4, 0.5) is 4.79 Å². The van der Waals surface area contributed by atoms with Crippen molar-refractivity contribution >= 4 is 12.1 Å². The summed E-state index contributed by atoms with van der Waals surface area (Å²) in [5.41, 5.74) is -2.36. The second-order valence-electron chi connectivity index (χ2n) is 21.3. The molecule has 2 spiro atoms. The van der Waals surface area contributed by atoms with E-state index in [4.69, 9.17) is 18.9 Å². The fourth-order valence-corrected chi connectivity index (χ4v) is 14.1. The molecule has 6 aliphatic rings. The molecule has 13 atom stereocenters. The molecule has 51 heavy (non-hydrogen) atoms. The number of rotatable bonds is 7. The zero-order valence-corrected chi connectivity index (χ0v) is 34.4. The lowest BCUT2D eigenvalue weighted by Gasteiger charge is -2.65. The molecule has 6 fully saturated rings. The molecule has 1 saturated heterocycles. The molecular weight excluding hydrogens is 646 g/mol. The van der Waals surface area contributed by atoms with Gasteiger partial charge in [-0.3, -0.25) is 4.90 Å². The maximum Gasteiger partial charge on any atom is 0.410 e. The molecule has 9 heteroatoms. The van der Waals surface area contributed by atoms with Gasteiger partial charge in [0.1, 0.15) is 17.7 Å². The number of esters is 1. The van der Waals surface area contributed by atoms with E-state index in [1.54, 1.807) is 7.05 Å². The first-order valence-corrected chi connectivity index (χ1v) is 20.0. The Labute approximate surface area is 308 Å². The summed E-state index contributed by atoms with van der Waals surface area (Å²) < 4.78 is 25.4. The Hall–Kier alpha value is -1.42. The Kier molecular flexibility index (Phi) is 9.27. The summed E-state index contributed by atoms with van der Waals surface area (Å²) in [6.45, 7) is 24.7. The summed E-state index contributed by atoms with van der Waals surface area (Å²) in [4.78, 5) is 28.4. The number of carbonyl (C=O) groups excluding carboxylic acids is 2. The number of hydrogen-bond donors (Lipinski definition) is 2. The van der Waals surface area contributed by atoms with Crippen LogP contribution in [0.5, 0.6) is 0 Å². The standard InChI is InChI=1S/C42H71NO8/c1-24(2)30(43(13)34(46)51-35(3,4)5)33(45)49-28-16-18-42-23-41(42)20-19-38(10)31(40(12)17-15-29(50-40)37(8,9)47)25(44)22-39(38,11)27(41)21-26(48-14)32(42)36(28,6)7/h24-32,44,47H,15-23H2,1-14H3/t25-,26-,27?,28-,29-,30-,31-,32-,38+,39-,40+,41?,42+/m0/s1. The fourth-order valence-electron chi connectivity index (χ4n) is 14.1. The second kappa shape index (κ2) is 12.0. The summed E-state index contributed by atoms with van der Waals surface area (Å²) >= 11 is 0. The lowest BCUT2D eigenvalue weighted by atomic mass is 9.41. The van der Waals surface area contributed by atoms with Crippen molar-refractivity contribution in [3.63, 3.8) is 0 Å². The number of amides is 1. The van der Waals surface area contributed by atoms with Crippen LogP contribution >= 0.6 is 0 Å². The number of methoxy groups -OCH3 is 1. The van der Waals surface area contributed by atoms with Gasteiger partial charge < -0.3 is 29.2 Å². The molecule has 0 aromatic rings. The van der Waals surface area contributed by atoms with Crippen LogP contribution in [0.2, 0.25) is 0 Å². The highest BCUT2D eigenvalue weighted by atomic mass is 16.6. The van der Waals surface area contributed by atoms with E-state index >= 15 is 0 Å². The van der Waals surface area contributed by atoms with Gasteiger partial charge in [-0.05, 0) is 139 Å². The Morgan fingerprint density at radius 3 is 2.10 bits per heavy atom. The van der Waals surface area contributed by atoms with Crippen LogP contribution in [0.25, 0.3) is 0 Å². The summed E-state index contributed by atoms with van der Waals surface area (Å²) in [6.07, 6.45) is 6.91. The molecule has 0 aromatic carbocycles. The third-order valence-electron chi connectivity index (χ3n) is 16.2. The van der Waals surface area contributed by atoms with E-state index in [9.17, 15) is 19.8 Å². The molecule has 0 bridgehead atoms. The normalized spacial score (nSPS) is 46.3. The van der Waals surface area contributed by atoms with Crippen LogP contribution in [-0.4, -0.2) is 88.6 Å². The Morgan fingerprint density at radius 2 is 1.55 bits per heavy atom. The number of aliphatic hydroxyl groups is 2. The van der Waals surface area contributed by atoms with E-state index < -0.39 is 35.0 Å². The van der Waals surface area contributed by atoms with E-state index in [2.05, 4.69) is 34.6 Å². The predicted octanol–water partition coefficient (Wildman–Crippen LogP) is 7.53. The zero-order chi connectivity index (χ0) is 38.1. The third-order valence-corrected chi connectivity index (χ3v) is 16.2. The van der Waals surface area contributed by atoms with Gasteiger partial charge in [-0.2, -0.15) is 0 Å². The molecule has 2 N–H and O–H groups in total. The largest absolute Gasteiger partial charge is 0.460 e. The van der Waals surface area contributed by atoms with E-state index in [-0.39, 0.29) is 69.1 Å². The number of likely N-dealkylation sites (N-methyl/N-ethyl adjacent to an activating group) is 1. The number of fused-ring (bicyclic) bond motifs is 2. The first-order chi connectivity index (χ1) is 23.2. The molecule has 1 heterocycles. The third kappa shape index (κ3) is 5.65. The van der Waals surface area contributed by atoms with Gasteiger partial charge >= 0.3 is 12.1 Å². The lowest BCUT2D eigenvalue weighted by molar-refractivity contribution is -0.223. The number of hydrogen-bond acceptors (Lipinski definition) is 8. The van der Waals surface area contributed by atoms with Gasteiger partial charge in [0, 0.05) is 25.5 Å². The SMILES string of the molecule is CO[C@H]1CC2C3(CC[C@]4(C)[C@@H]([C@@]5(C)CC[C@@H](C(C)(C)O)O5)[C@@H](O)C[C@@]24C)C[C@@]32CC[C@H](OC(=O)[C@H](C(C)C)N(C)C(=O)OC(C)(C)C)C(C)(C)[C@H]12. The molecule has 0 aromatic heterocycles. The maximum atomic E-state index is 14.0. The van der Waals surface area contributed by atoms with E-state index in [0.717, 1.165) is 57.8 Å². The molecule has 2 unspecified atom stereocenters. The minimum Gasteiger partial charge on any atom is -0.460 e. The van der Waals surface area contributed by atoms with Gasteiger partial charge in [0.05, 0.1) is 29.5 Å². The van der Waals surface area contributed by atoms with E-state index in [1.165, 1.54) is 4.90 Å². The van der Waals surface area contributed by atoms with Crippen LogP contribution in [-0.2, 0) is 23.7 Å². The monoisotopic (exact) mass is 718 g/mol. The predicted molar refractivity (Wildman–Crippen MR) is 196 cm³/mol. The highest BCUT2D eigenvalue weighted by Gasteiger charge is 2.85. The average Bonchev–Trinajstić information content (AvgIpc) is 3.35. The van der Waals surface area contributed by atoms with Gasteiger partial charge in [-0.25, -0.2) is 9.59 Å². The minimum absolute atomic E-state index is 0.000661. The summed E-state index contributed by atoms with van der Waals surface area (Å²) in [6, 6.07) is -0.755. The Morgan fingerprint density at radius 1 is 0.902 bits per heavy atom. The van der Waals surface area contributed by atoms with Gasteiger partial charge in [0.25, 0.3) is 0 Å². The van der Waals surface area contributed by atoms with Crippen molar-refractivity contribution in [1.82, 2.24) is 4.90 Å². The molecule has 292 valence electrons. The van der Waals surface area contributed by atoms with Crippen molar-refractivity contribution in [2.75, 3.05) is 14.2 Å². The van der Waals surface area contributed by atoms with Crippen molar-refractivity contribution in [2.24, 2.45) is 50.7 Å². The number of aliphatic hydroxyl groups excluding tert-OH is 1. The Balaban J connectivity index is 1.26. The van der Waals surface area contributed by atoms with Crippen LogP contribution in [0.3, 0.4) is 0 Å². The van der Waals surface area contributed by atoms with Gasteiger partial charge in [-0.15, -0.1) is 0 Å². The van der Waals surface area contributed by atoms with Crippen LogP contribution in [0.15, 0.2) is 0 Å². The fraction of sp³-hybridized carbons (Fsp3) is 0.952. The van der Waals surface area contributed by atoms with Gasteiger partial charge in [0.15, 0.2) is 0 Å². The number of carbonyl (C=O) groups is 2. The summed E-state index contributed by atoms with van der Waals surface area (Å²) in [5, 5.41) is 22.9. The highest BCUT2D eigenvalue weighted by molar-refractivity contribution is 5.82. The van der Waals surface area contributed by atoms with Crippen molar-refractivity contribution < 1.29 is 38.7 Å². The van der Waals surface area contributed by atoms with Crippen molar-refractivity contribution in [3.8, 4) is 0 Å². The van der Waals surface area contributed by atoms with Crippen LogP contribution < -0.4 is 0 Å². The highest BCUT2D eigenvalue weighted by Crippen LogP contribution is 2.89. The van der Waals surface area contributed by atoms with Crippen LogP contribution in [0.1, 0.15) is 141 Å². The smallest absolute Gasteiger partial charge is 0.410 e. The van der Waals surface area contributed by atoms with Crippen molar-refractivity contribution in [1.29, 1.82) is 0 Å². The molecule has 5 aliphatic carbocycles. The van der Waals surface area contributed by atoms with E-state index in [1.807, 2.05) is 55.6 Å². The molecule has 1 amide bonds. The van der Waals surface area contributed by atoms with Crippen molar-refractivity contribution in [2.45, 2.75) is 188 Å². The first-order valence-electron chi connectivity index (χ1n) is 20.0. The first kappa shape index (κ1) is 39.3. The minimum atomic E-state index is -0.920. The second-order valence-corrected chi connectivity index (χ2v) is 21.3. The van der Waals surface area contributed by atoms with Gasteiger partial charge in [0.2, 0.25) is 0 Å². The average molecular weight is 718 g/mol. The molecular formula is C42H71NO8. The van der Waals surface area contributed by atoms with Crippen LogP contribution in [0, 0.1) is 50.7 Å². The zero-order valence-electron chi connectivity index (χ0n) is 34.4. The molecule has 9 nitrogen and oxygen atoms in total. The Bertz CT molecular complexity index is 1380. The maximum absolute atomic E-state index is 14.0. The quantitative estimate of drug-likeness (QED) is 0.260. The lowest BCUT2D eigenvalue weighted by Crippen LogP contribution is -2.63. The molecule has 5 saturated carbocycles. The number of nitrogens with zero attached hydrogens (tertiary/aromatic N) is 1. The molecule has 0 radical (unpaired) electrons. The molecule has 6 rings (SSSR count). The van der Waals surface area contributed by atoms with Crippen molar-refractivity contribution in [3.05, 3.63) is 0 Å².